The topological polar surface area (TPSA) is 66.6 Å². The summed E-state index contributed by atoms with van der Waals surface area (Å²) in [6.45, 7) is 4.49. The van der Waals surface area contributed by atoms with Gasteiger partial charge in [-0.25, -0.2) is 0 Å². The van der Waals surface area contributed by atoms with E-state index < -0.39 is 0 Å². The van der Waals surface area contributed by atoms with Gasteiger partial charge in [0.25, 0.3) is 0 Å². The first-order chi connectivity index (χ1) is 10.9. The summed E-state index contributed by atoms with van der Waals surface area (Å²) in [5, 5.41) is 0.533. The molecular formula is C17H23Cl2N3O2. The van der Waals surface area contributed by atoms with Crippen molar-refractivity contribution >= 4 is 41.5 Å². The van der Waals surface area contributed by atoms with Crippen LogP contribution < -0.4 is 10.6 Å². The van der Waals surface area contributed by atoms with Crippen LogP contribution in [-0.4, -0.2) is 42.9 Å². The molecule has 132 valence electrons. The molecule has 7 heteroatoms. The molecule has 0 aromatic heterocycles. The molecule has 2 aliphatic heterocycles. The number of amides is 2. The van der Waals surface area contributed by atoms with E-state index >= 15 is 0 Å². The Kier molecular flexibility index (Phi) is 5.78. The van der Waals surface area contributed by atoms with Crippen molar-refractivity contribution in [2.45, 2.75) is 19.8 Å². The molecule has 5 nitrogen and oxygen atoms in total. The summed E-state index contributed by atoms with van der Waals surface area (Å²) in [5.74, 6) is -0.277. The molecule has 2 fully saturated rings. The van der Waals surface area contributed by atoms with Gasteiger partial charge in [0.2, 0.25) is 11.8 Å². The molecule has 2 saturated heterocycles. The van der Waals surface area contributed by atoms with E-state index in [1.54, 1.807) is 11.0 Å². The van der Waals surface area contributed by atoms with Gasteiger partial charge in [-0.3, -0.25) is 9.59 Å². The quantitative estimate of drug-likeness (QED) is 0.886. The summed E-state index contributed by atoms with van der Waals surface area (Å²) in [7, 11) is 0. The van der Waals surface area contributed by atoms with Crippen LogP contribution in [0.2, 0.25) is 5.02 Å². The van der Waals surface area contributed by atoms with Gasteiger partial charge in [-0.1, -0.05) is 30.7 Å². The molecule has 2 atom stereocenters. The lowest BCUT2D eigenvalue weighted by atomic mass is 9.90. The van der Waals surface area contributed by atoms with Crippen molar-refractivity contribution in [2.75, 3.05) is 31.1 Å². The Hall–Kier alpha value is -1.30. The first-order valence-electron chi connectivity index (χ1n) is 7.97. The van der Waals surface area contributed by atoms with E-state index in [0.717, 1.165) is 13.0 Å². The highest BCUT2D eigenvalue weighted by atomic mass is 35.5. The van der Waals surface area contributed by atoms with Crippen molar-refractivity contribution in [3.05, 3.63) is 29.3 Å². The Morgan fingerprint density at radius 3 is 2.75 bits per heavy atom. The first kappa shape index (κ1) is 19.0. The Morgan fingerprint density at radius 2 is 2.12 bits per heavy atom. The highest BCUT2D eigenvalue weighted by Gasteiger charge is 2.41. The zero-order valence-corrected chi connectivity index (χ0v) is 15.3. The monoisotopic (exact) mass is 371 g/mol. The Morgan fingerprint density at radius 1 is 1.42 bits per heavy atom. The Balaban J connectivity index is 0.00000208. The second-order valence-corrected chi connectivity index (χ2v) is 7.29. The third-order valence-corrected chi connectivity index (χ3v) is 5.30. The molecule has 1 aromatic carbocycles. The van der Waals surface area contributed by atoms with Gasteiger partial charge in [0.1, 0.15) is 0 Å². The molecule has 1 aromatic rings. The SMILES string of the molecule is CC1(CN)CCN(C(=O)C2CC(=O)N(c3ccccc3Cl)C2)C1.Cl. The van der Waals surface area contributed by atoms with Crippen molar-refractivity contribution in [2.24, 2.45) is 17.1 Å². The number of carbonyl (C=O) groups excluding carboxylic acids is 2. The predicted molar refractivity (Wildman–Crippen MR) is 97.5 cm³/mol. The molecule has 0 saturated carbocycles. The van der Waals surface area contributed by atoms with Crippen molar-refractivity contribution < 1.29 is 9.59 Å². The maximum absolute atomic E-state index is 12.7. The second-order valence-electron chi connectivity index (χ2n) is 6.88. The fraction of sp³-hybridized carbons (Fsp3) is 0.529. The smallest absolute Gasteiger partial charge is 0.228 e. The number of rotatable bonds is 3. The van der Waals surface area contributed by atoms with Gasteiger partial charge in [-0.15, -0.1) is 12.4 Å². The highest BCUT2D eigenvalue weighted by molar-refractivity contribution is 6.33. The van der Waals surface area contributed by atoms with Crippen LogP contribution in [0.25, 0.3) is 0 Å². The average Bonchev–Trinajstić information content (AvgIpc) is 3.12. The number of nitrogens with zero attached hydrogens (tertiary/aromatic N) is 2. The van der Waals surface area contributed by atoms with Gasteiger partial charge in [-0.05, 0) is 30.5 Å². The maximum Gasteiger partial charge on any atom is 0.228 e. The van der Waals surface area contributed by atoms with Crippen LogP contribution in [0, 0.1) is 11.3 Å². The number of likely N-dealkylation sites (tertiary alicyclic amines) is 1. The molecule has 2 N–H and O–H groups in total. The van der Waals surface area contributed by atoms with Gasteiger partial charge in [0.05, 0.1) is 16.6 Å². The van der Waals surface area contributed by atoms with Gasteiger partial charge >= 0.3 is 0 Å². The zero-order valence-electron chi connectivity index (χ0n) is 13.7. The minimum Gasteiger partial charge on any atom is -0.342 e. The zero-order chi connectivity index (χ0) is 16.6. The van der Waals surface area contributed by atoms with Crippen LogP contribution in [0.4, 0.5) is 5.69 Å². The first-order valence-corrected chi connectivity index (χ1v) is 8.35. The molecule has 0 radical (unpaired) electrons. The summed E-state index contributed by atoms with van der Waals surface area (Å²) >= 11 is 6.18. The number of carbonyl (C=O) groups is 2. The normalized spacial score (nSPS) is 26.6. The molecule has 0 bridgehead atoms. The maximum atomic E-state index is 12.7. The number of benzene rings is 1. The minimum atomic E-state index is -0.293. The lowest BCUT2D eigenvalue weighted by Crippen LogP contribution is -2.38. The van der Waals surface area contributed by atoms with E-state index in [1.165, 1.54) is 0 Å². The average molecular weight is 372 g/mol. The largest absolute Gasteiger partial charge is 0.342 e. The van der Waals surface area contributed by atoms with E-state index in [1.807, 2.05) is 23.1 Å². The van der Waals surface area contributed by atoms with Crippen LogP contribution in [0.3, 0.4) is 0 Å². The van der Waals surface area contributed by atoms with E-state index in [9.17, 15) is 9.59 Å². The van der Waals surface area contributed by atoms with E-state index in [4.69, 9.17) is 17.3 Å². The highest BCUT2D eigenvalue weighted by Crippen LogP contribution is 2.34. The van der Waals surface area contributed by atoms with Gasteiger partial charge in [0.15, 0.2) is 0 Å². The number of anilines is 1. The summed E-state index contributed by atoms with van der Waals surface area (Å²) < 4.78 is 0. The summed E-state index contributed by atoms with van der Waals surface area (Å²) in [6.07, 6.45) is 1.17. The molecule has 3 rings (SSSR count). The predicted octanol–water partition coefficient (Wildman–Crippen LogP) is 2.31. The minimum absolute atomic E-state index is 0. The molecule has 2 aliphatic rings. The van der Waals surface area contributed by atoms with Crippen LogP contribution in [0.5, 0.6) is 0 Å². The van der Waals surface area contributed by atoms with Crippen molar-refractivity contribution in [1.29, 1.82) is 0 Å². The number of nitrogens with two attached hydrogens (primary N) is 1. The number of halogens is 2. The van der Waals surface area contributed by atoms with Gasteiger partial charge < -0.3 is 15.5 Å². The lowest BCUT2D eigenvalue weighted by molar-refractivity contribution is -0.135. The number of hydrogen-bond donors (Lipinski definition) is 1. The summed E-state index contributed by atoms with van der Waals surface area (Å²) in [6, 6.07) is 7.24. The Labute approximate surface area is 153 Å². The van der Waals surface area contributed by atoms with Crippen LogP contribution >= 0.6 is 24.0 Å². The van der Waals surface area contributed by atoms with Crippen LogP contribution in [0.1, 0.15) is 19.8 Å². The second kappa shape index (κ2) is 7.30. The standard InChI is InChI=1S/C17H22ClN3O2.ClH/c1-17(10-19)6-7-20(11-17)16(23)12-8-15(22)21(9-12)14-5-3-2-4-13(14)18;/h2-5,12H,6-11,19H2,1H3;1H. The van der Waals surface area contributed by atoms with Crippen LogP contribution in [0.15, 0.2) is 24.3 Å². The van der Waals surface area contributed by atoms with E-state index in [2.05, 4.69) is 6.92 Å². The van der Waals surface area contributed by atoms with E-state index in [-0.39, 0.29) is 42.0 Å². The third-order valence-electron chi connectivity index (χ3n) is 4.98. The third kappa shape index (κ3) is 3.53. The fourth-order valence-corrected chi connectivity index (χ4v) is 3.65. The summed E-state index contributed by atoms with van der Waals surface area (Å²) in [5.41, 5.74) is 6.49. The Bertz CT molecular complexity index is 640. The van der Waals surface area contributed by atoms with Crippen molar-refractivity contribution in [3.63, 3.8) is 0 Å². The molecule has 0 aliphatic carbocycles. The molecule has 2 heterocycles. The number of hydrogen-bond acceptors (Lipinski definition) is 3. The molecule has 0 spiro atoms. The van der Waals surface area contributed by atoms with E-state index in [0.29, 0.717) is 30.3 Å². The molecule has 2 unspecified atom stereocenters. The molecule has 24 heavy (non-hydrogen) atoms. The fourth-order valence-electron chi connectivity index (χ4n) is 3.41. The van der Waals surface area contributed by atoms with Gasteiger partial charge in [-0.2, -0.15) is 0 Å². The molecular weight excluding hydrogens is 349 g/mol. The van der Waals surface area contributed by atoms with Gasteiger partial charge in [0, 0.05) is 26.1 Å². The van der Waals surface area contributed by atoms with Crippen LogP contribution in [-0.2, 0) is 9.59 Å². The molecule has 2 amide bonds. The van der Waals surface area contributed by atoms with Crippen molar-refractivity contribution in [1.82, 2.24) is 4.90 Å². The lowest BCUT2D eigenvalue weighted by Gasteiger charge is -2.24. The number of para-hydroxylation sites is 1. The van der Waals surface area contributed by atoms with Crippen molar-refractivity contribution in [3.8, 4) is 0 Å². The summed E-state index contributed by atoms with van der Waals surface area (Å²) in [4.78, 5) is 28.5.